The summed E-state index contributed by atoms with van der Waals surface area (Å²) in [7, 11) is 0. The van der Waals surface area contributed by atoms with E-state index in [1.807, 2.05) is 0 Å². The third-order valence-electron chi connectivity index (χ3n) is 8.06. The lowest BCUT2D eigenvalue weighted by molar-refractivity contribution is -0.237. The van der Waals surface area contributed by atoms with Gasteiger partial charge in [0, 0.05) is 24.1 Å². The first-order valence-electron chi connectivity index (χ1n) is 15.8. The number of nitrogens with two attached hydrogens (primary N) is 1. The van der Waals surface area contributed by atoms with Gasteiger partial charge in [0.05, 0.1) is 36.9 Å². The normalized spacial score (nSPS) is 21.0. The largest absolute Gasteiger partial charge is 0.480 e. The van der Waals surface area contributed by atoms with E-state index in [2.05, 4.69) is 46.2 Å². The summed E-state index contributed by atoms with van der Waals surface area (Å²) in [5.41, 5.74) is 6.09. The number of halogens is 1. The van der Waals surface area contributed by atoms with Crippen LogP contribution < -0.4 is 27.2 Å². The van der Waals surface area contributed by atoms with E-state index < -0.39 is 98.0 Å². The number of fused-ring (bicyclic) bond motifs is 1. The third-order valence-corrected chi connectivity index (χ3v) is 8.06. The molecule has 0 aliphatic carbocycles. The highest BCUT2D eigenvalue weighted by Gasteiger charge is 2.46. The van der Waals surface area contributed by atoms with Crippen LogP contribution in [-0.2, 0) is 32.1 Å². The maximum atomic E-state index is 14.7. The van der Waals surface area contributed by atoms with Gasteiger partial charge in [-0.25, -0.2) is 28.6 Å². The number of hydrogen-bond acceptors (Lipinski definition) is 16. The van der Waals surface area contributed by atoms with E-state index in [4.69, 9.17) is 10.5 Å². The second-order valence-electron chi connectivity index (χ2n) is 11.8. The summed E-state index contributed by atoms with van der Waals surface area (Å²) in [6.45, 7) is -0.581. The molecule has 282 valence electrons. The number of rotatable bonds is 15. The van der Waals surface area contributed by atoms with Gasteiger partial charge in [-0.3, -0.25) is 19.4 Å². The lowest BCUT2D eigenvalue weighted by atomic mass is 9.99. The maximum Gasteiger partial charge on any atom is 0.326 e. The molecular formula is C30H34FN11O11. The van der Waals surface area contributed by atoms with Crippen LogP contribution >= 0.6 is 0 Å². The van der Waals surface area contributed by atoms with Gasteiger partial charge in [0.1, 0.15) is 30.4 Å². The van der Waals surface area contributed by atoms with Crippen molar-refractivity contribution < 1.29 is 53.8 Å². The van der Waals surface area contributed by atoms with Crippen molar-refractivity contribution in [2.24, 2.45) is 0 Å². The molecule has 0 spiro atoms. The fourth-order valence-electron chi connectivity index (χ4n) is 5.24. The van der Waals surface area contributed by atoms with Crippen molar-refractivity contribution in [3.8, 4) is 0 Å². The van der Waals surface area contributed by atoms with E-state index in [0.29, 0.717) is 11.4 Å². The number of benzene rings is 1. The topological polar surface area (TPSA) is 343 Å². The number of nitrogens with zero attached hydrogens (tertiary/aromatic N) is 6. The molecule has 5 rings (SSSR count). The number of aromatic amines is 1. The molecule has 0 radical (unpaired) electrons. The van der Waals surface area contributed by atoms with E-state index in [1.54, 1.807) is 12.1 Å². The summed E-state index contributed by atoms with van der Waals surface area (Å²) >= 11 is 0. The van der Waals surface area contributed by atoms with Crippen molar-refractivity contribution in [3.05, 3.63) is 64.0 Å². The Morgan fingerprint density at radius 1 is 1.02 bits per heavy atom. The van der Waals surface area contributed by atoms with Gasteiger partial charge in [0.15, 0.2) is 23.6 Å². The van der Waals surface area contributed by atoms with E-state index in [-0.39, 0.29) is 34.9 Å². The van der Waals surface area contributed by atoms with Crippen molar-refractivity contribution in [2.75, 3.05) is 17.7 Å². The molecular weight excluding hydrogens is 708 g/mol. The highest BCUT2D eigenvalue weighted by molar-refractivity contribution is 5.97. The highest BCUT2D eigenvalue weighted by atomic mass is 18.2. The van der Waals surface area contributed by atoms with E-state index in [0.717, 1.165) is 10.9 Å². The molecule has 0 unspecified atom stereocenters. The van der Waals surface area contributed by atoms with Crippen molar-refractivity contribution >= 4 is 46.6 Å². The Bertz CT molecular complexity index is 2030. The van der Waals surface area contributed by atoms with Gasteiger partial charge < -0.3 is 52.0 Å². The summed E-state index contributed by atoms with van der Waals surface area (Å²) in [6, 6.07) is 2.84. The van der Waals surface area contributed by atoms with Crippen LogP contribution in [0.4, 0.5) is 16.0 Å². The summed E-state index contributed by atoms with van der Waals surface area (Å²) in [5.74, 6) is -4.63. The zero-order chi connectivity index (χ0) is 38.4. The zero-order valence-electron chi connectivity index (χ0n) is 27.4. The number of aliphatic hydroxyl groups is 3. The lowest BCUT2D eigenvalue weighted by Crippen LogP contribution is -2.55. The van der Waals surface area contributed by atoms with Gasteiger partial charge in [-0.2, -0.15) is 4.98 Å². The lowest BCUT2D eigenvalue weighted by Gasteiger charge is -2.38. The van der Waals surface area contributed by atoms with Crippen LogP contribution in [0.25, 0.3) is 11.2 Å². The van der Waals surface area contributed by atoms with Crippen LogP contribution in [0.5, 0.6) is 0 Å². The maximum absolute atomic E-state index is 14.7. The molecule has 4 heterocycles. The number of carbonyl (C=O) groups excluding carboxylic acids is 2. The molecule has 1 aromatic carbocycles. The Morgan fingerprint density at radius 2 is 1.74 bits per heavy atom. The number of aliphatic carboxylic acids is 2. The number of carboxylic acid groups (broad SMARTS) is 2. The zero-order valence-corrected chi connectivity index (χ0v) is 27.4. The third kappa shape index (κ3) is 9.20. The summed E-state index contributed by atoms with van der Waals surface area (Å²) in [4.78, 5) is 75.9. The second kappa shape index (κ2) is 16.4. The van der Waals surface area contributed by atoms with Crippen molar-refractivity contribution in [2.45, 2.75) is 68.6 Å². The smallest absolute Gasteiger partial charge is 0.326 e. The number of ether oxygens (including phenoxy) is 1. The first-order chi connectivity index (χ1) is 25.2. The summed E-state index contributed by atoms with van der Waals surface area (Å²) < 4.78 is 20.8. The molecule has 11 N–H and O–H groups in total. The number of aliphatic hydroxyl groups excluding tert-OH is 3. The van der Waals surface area contributed by atoms with Crippen LogP contribution in [0.2, 0.25) is 0 Å². The predicted octanol–water partition coefficient (Wildman–Crippen LogP) is -2.78. The predicted molar refractivity (Wildman–Crippen MR) is 175 cm³/mol. The quantitative estimate of drug-likeness (QED) is 0.0589. The fraction of sp³-hybridized carbons (Fsp3) is 0.400. The number of anilines is 2. The van der Waals surface area contributed by atoms with Gasteiger partial charge >= 0.3 is 11.9 Å². The molecule has 53 heavy (non-hydrogen) atoms. The first-order valence-corrected chi connectivity index (χ1v) is 15.8. The molecule has 1 aliphatic heterocycles. The fourth-order valence-corrected chi connectivity index (χ4v) is 5.24. The molecule has 22 nitrogen and oxygen atoms in total. The Hall–Kier alpha value is -6.17. The molecule has 1 saturated heterocycles. The molecule has 3 aromatic heterocycles. The number of alkyl halides is 1. The molecule has 4 aromatic rings. The molecule has 0 bridgehead atoms. The number of carboxylic acids is 2. The molecule has 0 saturated carbocycles. The van der Waals surface area contributed by atoms with E-state index in [9.17, 15) is 53.9 Å². The van der Waals surface area contributed by atoms with Gasteiger partial charge in [-0.1, -0.05) is 5.21 Å². The average molecular weight is 743 g/mol. The van der Waals surface area contributed by atoms with Gasteiger partial charge in [-0.15, -0.1) is 5.10 Å². The summed E-state index contributed by atoms with van der Waals surface area (Å²) in [5, 5.41) is 63.5. The van der Waals surface area contributed by atoms with Crippen LogP contribution in [-0.4, -0.2) is 127 Å². The molecule has 1 fully saturated rings. The Morgan fingerprint density at radius 3 is 2.42 bits per heavy atom. The SMILES string of the molecule is Nc1nc2ncc(CNc3ccc(C(=O)N[C@@H](CCC(=O)N[C@@H](Cc4cn([C@@H]5O[C@H](CO)[C@@H](O)[C@H](O)[C@H]5[18F])nn4)C(=O)O)C(=O)O)cc3)nc2c(=O)[nH]1. The Balaban J connectivity index is 1.11. The van der Waals surface area contributed by atoms with Crippen LogP contribution in [0.15, 0.2) is 41.5 Å². The molecule has 1 aliphatic rings. The number of hydrogen-bond donors (Lipinski definition) is 10. The van der Waals surface area contributed by atoms with Gasteiger partial charge in [0.25, 0.3) is 11.5 Å². The van der Waals surface area contributed by atoms with Crippen molar-refractivity contribution in [1.82, 2.24) is 45.6 Å². The van der Waals surface area contributed by atoms with Gasteiger partial charge in [0.2, 0.25) is 11.9 Å². The minimum atomic E-state index is -2.17. The number of aromatic nitrogens is 7. The first kappa shape index (κ1) is 38.1. The molecule has 2 amide bonds. The molecule has 23 heteroatoms. The Labute approximate surface area is 296 Å². The van der Waals surface area contributed by atoms with Gasteiger partial charge in [-0.05, 0) is 30.7 Å². The second-order valence-corrected chi connectivity index (χ2v) is 11.8. The van der Waals surface area contributed by atoms with Crippen molar-refractivity contribution in [1.29, 1.82) is 0 Å². The summed E-state index contributed by atoms with van der Waals surface area (Å²) in [6.07, 6.45) is -7.54. The minimum Gasteiger partial charge on any atom is -0.480 e. The average Bonchev–Trinajstić information content (AvgIpc) is 3.59. The van der Waals surface area contributed by atoms with E-state index in [1.165, 1.54) is 18.3 Å². The highest BCUT2D eigenvalue weighted by Crippen LogP contribution is 2.30. The van der Waals surface area contributed by atoms with Crippen LogP contribution in [0.3, 0.4) is 0 Å². The number of nitrogen functional groups attached to an aromatic ring is 1. The van der Waals surface area contributed by atoms with Crippen LogP contribution in [0, 0.1) is 0 Å². The number of H-pyrrole nitrogens is 1. The standard InChI is InChI=1S/C30H34FN11O11/c31-20-23(46)22(45)18(11-43)53-27(20)42-10-14(40-41-42)7-17(29(51)52)36-19(44)6-5-16(28(49)50)37-25(47)12-1-3-13(4-2-12)33-8-15-9-34-24-21(35-15)26(48)39-30(32)38-24/h1-4,9-10,16-18,20,22-23,27,33,43,45-46H,5-8,11H2,(H,36,44)(H,37,47)(H,49,50)(H,51,52)(H3,32,34,38,39,48)/t16-,17-,18+,20+,22+,23+,27+/m0/s1/i31-1. The Kier molecular flexibility index (Phi) is 11.8. The van der Waals surface area contributed by atoms with E-state index >= 15 is 0 Å². The van der Waals surface area contributed by atoms with Crippen LogP contribution in [0.1, 0.15) is 40.8 Å². The minimum absolute atomic E-state index is 0.00653. The number of nitrogens with one attached hydrogen (secondary N) is 4. The number of carbonyl (C=O) groups is 4. The van der Waals surface area contributed by atoms with Crippen molar-refractivity contribution in [3.63, 3.8) is 0 Å². The molecule has 7 atom stereocenters. The number of amides is 2. The monoisotopic (exact) mass is 742 g/mol.